The van der Waals surface area contributed by atoms with E-state index in [1.165, 1.54) is 42.6 Å². The molecule has 2 aromatic rings. The molecule has 0 radical (unpaired) electrons. The number of aryl methyl sites for hydroxylation is 1. The van der Waals surface area contributed by atoms with E-state index < -0.39 is 0 Å². The number of likely N-dealkylation sites (tertiary alicyclic amines) is 1. The number of hydrogen-bond acceptors (Lipinski definition) is 7. The van der Waals surface area contributed by atoms with Gasteiger partial charge in [0.25, 0.3) is 5.88 Å². The molecule has 0 bridgehead atoms. The largest absolute Gasteiger partial charge is 0.491 e. The summed E-state index contributed by atoms with van der Waals surface area (Å²) in [6, 6.07) is 3.03. The minimum Gasteiger partial charge on any atom is -0.491 e. The van der Waals surface area contributed by atoms with Crippen molar-refractivity contribution >= 4 is 16.7 Å². The summed E-state index contributed by atoms with van der Waals surface area (Å²) in [5, 5.41) is 3.92. The molecule has 2 aliphatic heterocycles. The Balaban J connectivity index is 1.46. The monoisotopic (exact) mass is 426 g/mol. The number of piperidine rings is 1. The first kappa shape index (κ1) is 20.8. The minimum atomic E-state index is 0.450. The molecule has 168 valence electrons. The fraction of sp³-hybridized carbons (Fsp3) is 0.667. The van der Waals surface area contributed by atoms with E-state index >= 15 is 0 Å². The van der Waals surface area contributed by atoms with Gasteiger partial charge in [0.15, 0.2) is 5.75 Å². The van der Waals surface area contributed by atoms with Gasteiger partial charge in [-0.05, 0) is 50.5 Å². The molecule has 4 heterocycles. The topological polar surface area (TPSA) is 68.7 Å². The average Bonchev–Trinajstić information content (AvgIpc) is 3.24. The second kappa shape index (κ2) is 9.17. The number of aromatic nitrogens is 2. The minimum absolute atomic E-state index is 0.450. The Morgan fingerprint density at radius 1 is 1.03 bits per heavy atom. The number of fused-ring (bicyclic) bond motifs is 2. The standard InChI is InChI=1S/C24H34N4O3/c1-29-21-14-20-23(27-24(21)30-2)22(18-6-4-3-5-7-19(18)26-20)25-16-8-11-28(12-9-16)17-10-13-31-15-17/h14,16-17H,3-13,15H2,1-2H3,(H,25,26). The summed E-state index contributed by atoms with van der Waals surface area (Å²) in [6.07, 6.45) is 9.23. The summed E-state index contributed by atoms with van der Waals surface area (Å²) in [7, 11) is 3.29. The van der Waals surface area contributed by atoms with E-state index in [0.717, 1.165) is 63.0 Å². The molecule has 0 aromatic carbocycles. The van der Waals surface area contributed by atoms with Crippen LogP contribution < -0.4 is 14.8 Å². The molecule has 0 saturated carbocycles. The van der Waals surface area contributed by atoms with Crippen LogP contribution in [0, 0.1) is 0 Å². The lowest BCUT2D eigenvalue weighted by Gasteiger charge is -2.36. The number of ether oxygens (including phenoxy) is 3. The van der Waals surface area contributed by atoms with E-state index in [-0.39, 0.29) is 0 Å². The third-order valence-corrected chi connectivity index (χ3v) is 7.13. The van der Waals surface area contributed by atoms with E-state index in [0.29, 0.717) is 23.7 Å². The van der Waals surface area contributed by atoms with Crippen molar-refractivity contribution < 1.29 is 14.2 Å². The highest BCUT2D eigenvalue weighted by atomic mass is 16.5. The number of anilines is 1. The smallest absolute Gasteiger partial charge is 0.257 e. The molecule has 31 heavy (non-hydrogen) atoms. The van der Waals surface area contributed by atoms with Crippen LogP contribution in [0.15, 0.2) is 6.07 Å². The van der Waals surface area contributed by atoms with Crippen molar-refractivity contribution in [2.75, 3.05) is 45.8 Å². The molecule has 2 saturated heterocycles. The summed E-state index contributed by atoms with van der Waals surface area (Å²) in [6.45, 7) is 4.06. The maximum absolute atomic E-state index is 5.60. The normalized spacial score (nSPS) is 22.8. The zero-order valence-corrected chi connectivity index (χ0v) is 18.8. The molecule has 1 N–H and O–H groups in total. The quantitative estimate of drug-likeness (QED) is 0.733. The molecule has 3 aliphatic rings. The van der Waals surface area contributed by atoms with Gasteiger partial charge < -0.3 is 19.5 Å². The number of pyridine rings is 2. The van der Waals surface area contributed by atoms with E-state index in [4.69, 9.17) is 24.2 Å². The Hall–Kier alpha value is -2.12. The highest BCUT2D eigenvalue weighted by molar-refractivity contribution is 5.91. The van der Waals surface area contributed by atoms with Crippen LogP contribution in [0.4, 0.5) is 5.69 Å². The first-order valence-electron chi connectivity index (χ1n) is 11.8. The molecule has 7 nitrogen and oxygen atoms in total. The zero-order valence-electron chi connectivity index (χ0n) is 18.8. The van der Waals surface area contributed by atoms with Crippen LogP contribution in [0.2, 0.25) is 0 Å². The maximum Gasteiger partial charge on any atom is 0.257 e. The van der Waals surface area contributed by atoms with Gasteiger partial charge in [-0.25, -0.2) is 4.98 Å². The van der Waals surface area contributed by atoms with Crippen LogP contribution in [-0.4, -0.2) is 67.5 Å². The molecule has 1 atom stereocenters. The van der Waals surface area contributed by atoms with Gasteiger partial charge in [-0.1, -0.05) is 6.42 Å². The van der Waals surface area contributed by atoms with Crippen molar-refractivity contribution in [2.24, 2.45) is 0 Å². The zero-order chi connectivity index (χ0) is 21.2. The fourth-order valence-corrected chi connectivity index (χ4v) is 5.36. The summed E-state index contributed by atoms with van der Waals surface area (Å²) in [5.41, 5.74) is 5.55. The SMILES string of the molecule is COc1cc2nc3c(c(NC4CCN(C5CCOC5)CC4)c2nc1OC)CCCCC3. The Bertz CT molecular complexity index is 921. The van der Waals surface area contributed by atoms with Crippen molar-refractivity contribution in [3.8, 4) is 11.6 Å². The highest BCUT2D eigenvalue weighted by Gasteiger charge is 2.29. The summed E-state index contributed by atoms with van der Waals surface area (Å²) < 4.78 is 16.6. The molecule has 2 aromatic heterocycles. The molecule has 0 spiro atoms. The van der Waals surface area contributed by atoms with Gasteiger partial charge in [-0.15, -0.1) is 0 Å². The molecule has 1 unspecified atom stereocenters. The van der Waals surface area contributed by atoms with Crippen LogP contribution in [0.25, 0.3) is 11.0 Å². The summed E-state index contributed by atoms with van der Waals surface area (Å²) >= 11 is 0. The van der Waals surface area contributed by atoms with Crippen LogP contribution in [-0.2, 0) is 17.6 Å². The summed E-state index contributed by atoms with van der Waals surface area (Å²) in [5.74, 6) is 1.15. The van der Waals surface area contributed by atoms with Gasteiger partial charge in [0.2, 0.25) is 0 Å². The van der Waals surface area contributed by atoms with Crippen LogP contribution in [0.1, 0.15) is 49.8 Å². The Kier molecular flexibility index (Phi) is 6.14. The third-order valence-electron chi connectivity index (χ3n) is 7.13. The maximum atomic E-state index is 5.60. The van der Waals surface area contributed by atoms with Crippen molar-refractivity contribution in [1.82, 2.24) is 14.9 Å². The van der Waals surface area contributed by atoms with E-state index in [2.05, 4.69) is 10.2 Å². The lowest BCUT2D eigenvalue weighted by molar-refractivity contribution is 0.124. The molecular weight excluding hydrogens is 392 g/mol. The van der Waals surface area contributed by atoms with Gasteiger partial charge in [-0.3, -0.25) is 9.88 Å². The molecule has 0 amide bonds. The second-order valence-corrected chi connectivity index (χ2v) is 9.01. The summed E-state index contributed by atoms with van der Waals surface area (Å²) in [4.78, 5) is 12.5. The number of nitrogens with zero attached hydrogens (tertiary/aromatic N) is 3. The number of hydrogen-bond donors (Lipinski definition) is 1. The lowest BCUT2D eigenvalue weighted by atomic mass is 9.99. The lowest BCUT2D eigenvalue weighted by Crippen LogP contribution is -2.45. The Morgan fingerprint density at radius 3 is 2.61 bits per heavy atom. The number of rotatable bonds is 5. The van der Waals surface area contributed by atoms with Crippen LogP contribution in [0.5, 0.6) is 11.6 Å². The molecule has 1 aliphatic carbocycles. The van der Waals surface area contributed by atoms with E-state index in [1.807, 2.05) is 6.07 Å². The van der Waals surface area contributed by atoms with Crippen LogP contribution in [0.3, 0.4) is 0 Å². The highest BCUT2D eigenvalue weighted by Crippen LogP contribution is 2.37. The second-order valence-electron chi connectivity index (χ2n) is 9.01. The predicted molar refractivity (Wildman–Crippen MR) is 121 cm³/mol. The molecule has 7 heteroatoms. The van der Waals surface area contributed by atoms with Crippen molar-refractivity contribution in [1.29, 1.82) is 0 Å². The number of nitrogens with one attached hydrogen (secondary N) is 1. The van der Waals surface area contributed by atoms with Gasteiger partial charge >= 0.3 is 0 Å². The number of methoxy groups -OCH3 is 2. The first-order chi connectivity index (χ1) is 15.3. The Labute approximate surface area is 184 Å². The predicted octanol–water partition coefficient (Wildman–Crippen LogP) is 3.58. The molecular formula is C24H34N4O3. The molecule has 5 rings (SSSR count). The average molecular weight is 427 g/mol. The first-order valence-corrected chi connectivity index (χ1v) is 11.8. The van der Waals surface area contributed by atoms with Gasteiger partial charge in [-0.2, -0.15) is 0 Å². The van der Waals surface area contributed by atoms with Crippen molar-refractivity contribution in [3.63, 3.8) is 0 Å². The van der Waals surface area contributed by atoms with Gasteiger partial charge in [0, 0.05) is 43.5 Å². The fourth-order valence-electron chi connectivity index (χ4n) is 5.36. The van der Waals surface area contributed by atoms with Crippen molar-refractivity contribution in [2.45, 2.75) is 63.5 Å². The van der Waals surface area contributed by atoms with E-state index in [1.54, 1.807) is 14.2 Å². The van der Waals surface area contributed by atoms with Crippen molar-refractivity contribution in [3.05, 3.63) is 17.3 Å². The van der Waals surface area contributed by atoms with E-state index in [9.17, 15) is 0 Å². The van der Waals surface area contributed by atoms with Gasteiger partial charge in [0.05, 0.1) is 32.0 Å². The molecule has 2 fully saturated rings. The van der Waals surface area contributed by atoms with Gasteiger partial charge in [0.1, 0.15) is 5.52 Å². The van der Waals surface area contributed by atoms with Crippen LogP contribution >= 0.6 is 0 Å². The Morgan fingerprint density at radius 2 is 1.87 bits per heavy atom. The third kappa shape index (κ3) is 4.17.